The molecule has 4 unspecified atom stereocenters. The molecule has 0 aromatic carbocycles. The normalized spacial score (nSPS) is 39.7. The van der Waals surface area contributed by atoms with E-state index in [0.717, 1.165) is 30.5 Å². The van der Waals surface area contributed by atoms with Crippen molar-refractivity contribution in [3.8, 4) is 0 Å². The average Bonchev–Trinajstić information content (AvgIpc) is 2.80. The van der Waals surface area contributed by atoms with Crippen LogP contribution in [0.25, 0.3) is 0 Å². The van der Waals surface area contributed by atoms with Crippen LogP contribution in [-0.4, -0.2) is 36.6 Å². The van der Waals surface area contributed by atoms with E-state index in [1.54, 1.807) is 0 Å². The first kappa shape index (κ1) is 13.4. The Balaban J connectivity index is 1.94. The van der Waals surface area contributed by atoms with Crippen molar-refractivity contribution in [2.24, 2.45) is 11.8 Å². The molecule has 1 aliphatic carbocycles. The van der Waals surface area contributed by atoms with E-state index >= 15 is 0 Å². The smallest absolute Gasteiger partial charge is 0.0251 e. The van der Waals surface area contributed by atoms with Gasteiger partial charge in [0.15, 0.2) is 0 Å². The maximum Gasteiger partial charge on any atom is 0.0251 e. The first-order chi connectivity index (χ1) is 8.24. The minimum atomic E-state index is 0.756. The van der Waals surface area contributed by atoms with Crippen molar-refractivity contribution < 1.29 is 0 Å². The molecule has 0 radical (unpaired) electrons. The number of likely N-dealkylation sites (N-methyl/N-ethyl adjacent to an activating group) is 1. The maximum atomic E-state index is 3.72. The van der Waals surface area contributed by atoms with Gasteiger partial charge in [0.1, 0.15) is 0 Å². The summed E-state index contributed by atoms with van der Waals surface area (Å²) in [6.07, 6.45) is 7.01. The predicted molar refractivity (Wildman–Crippen MR) is 74.2 cm³/mol. The summed E-state index contributed by atoms with van der Waals surface area (Å²) in [6.45, 7) is 10.9. The Kier molecular flexibility index (Phi) is 4.87. The molecule has 1 N–H and O–H groups in total. The lowest BCUT2D eigenvalue weighted by molar-refractivity contribution is 0.120. The Hall–Kier alpha value is -0.0800. The molecule has 2 nitrogen and oxygen atoms in total. The third-order valence-electron chi connectivity index (χ3n) is 4.91. The van der Waals surface area contributed by atoms with Gasteiger partial charge in [0.05, 0.1) is 0 Å². The molecule has 1 aliphatic heterocycles. The van der Waals surface area contributed by atoms with E-state index in [2.05, 4.69) is 31.0 Å². The van der Waals surface area contributed by atoms with Gasteiger partial charge >= 0.3 is 0 Å². The number of rotatable bonds is 4. The van der Waals surface area contributed by atoms with Crippen LogP contribution in [0.2, 0.25) is 0 Å². The van der Waals surface area contributed by atoms with Gasteiger partial charge < -0.3 is 5.32 Å². The van der Waals surface area contributed by atoms with Crippen LogP contribution in [0.1, 0.15) is 52.9 Å². The van der Waals surface area contributed by atoms with Gasteiger partial charge in [-0.2, -0.15) is 0 Å². The van der Waals surface area contributed by atoms with Crippen LogP contribution in [-0.2, 0) is 0 Å². The Morgan fingerprint density at radius 3 is 2.65 bits per heavy atom. The van der Waals surface area contributed by atoms with E-state index in [9.17, 15) is 0 Å². The summed E-state index contributed by atoms with van der Waals surface area (Å²) in [6, 6.07) is 1.57. The van der Waals surface area contributed by atoms with Crippen LogP contribution >= 0.6 is 0 Å². The number of likely N-dealkylation sites (tertiary alicyclic amines) is 1. The third-order valence-corrected chi connectivity index (χ3v) is 4.91. The highest BCUT2D eigenvalue weighted by molar-refractivity contribution is 4.92. The lowest BCUT2D eigenvalue weighted by Gasteiger charge is -2.41. The summed E-state index contributed by atoms with van der Waals surface area (Å²) in [4.78, 5) is 2.79. The minimum absolute atomic E-state index is 0.756. The zero-order chi connectivity index (χ0) is 12.3. The molecule has 0 aromatic heterocycles. The zero-order valence-electron chi connectivity index (χ0n) is 11.9. The molecule has 0 amide bonds. The van der Waals surface area contributed by atoms with Crippen LogP contribution in [0.3, 0.4) is 0 Å². The number of hydrogen-bond donors (Lipinski definition) is 1. The second kappa shape index (κ2) is 6.19. The molecule has 2 aliphatic rings. The Bertz CT molecular complexity index is 229. The van der Waals surface area contributed by atoms with Gasteiger partial charge in [0.2, 0.25) is 0 Å². The molecule has 17 heavy (non-hydrogen) atoms. The summed E-state index contributed by atoms with van der Waals surface area (Å²) < 4.78 is 0. The number of hydrogen-bond acceptors (Lipinski definition) is 2. The average molecular weight is 238 g/mol. The van der Waals surface area contributed by atoms with E-state index in [0.29, 0.717) is 0 Å². The van der Waals surface area contributed by atoms with Crippen molar-refractivity contribution in [2.75, 3.05) is 19.6 Å². The van der Waals surface area contributed by atoms with Crippen molar-refractivity contribution in [1.82, 2.24) is 10.2 Å². The highest BCUT2D eigenvalue weighted by Crippen LogP contribution is 2.31. The van der Waals surface area contributed by atoms with Crippen LogP contribution in [0.5, 0.6) is 0 Å². The van der Waals surface area contributed by atoms with Crippen molar-refractivity contribution in [3.05, 3.63) is 0 Å². The van der Waals surface area contributed by atoms with Gasteiger partial charge in [-0.15, -0.1) is 0 Å². The van der Waals surface area contributed by atoms with Crippen LogP contribution in [0.4, 0.5) is 0 Å². The molecule has 0 aromatic rings. The van der Waals surface area contributed by atoms with Gasteiger partial charge in [0, 0.05) is 18.6 Å². The monoisotopic (exact) mass is 238 g/mol. The number of nitrogens with one attached hydrogen (secondary N) is 1. The van der Waals surface area contributed by atoms with Crippen molar-refractivity contribution >= 4 is 0 Å². The lowest BCUT2D eigenvalue weighted by atomic mass is 9.82. The van der Waals surface area contributed by atoms with E-state index < -0.39 is 0 Å². The molecule has 0 spiro atoms. The SMILES string of the molecule is CCNC1CCC(C)CC1N1CCC(CC)C1. The Labute approximate surface area is 107 Å². The molecule has 2 fully saturated rings. The maximum absolute atomic E-state index is 3.72. The minimum Gasteiger partial charge on any atom is -0.313 e. The topological polar surface area (TPSA) is 15.3 Å². The fourth-order valence-electron chi connectivity index (χ4n) is 3.75. The van der Waals surface area contributed by atoms with Crippen LogP contribution < -0.4 is 5.32 Å². The molecular formula is C15H30N2. The van der Waals surface area contributed by atoms with Crippen LogP contribution in [0.15, 0.2) is 0 Å². The molecule has 1 saturated carbocycles. The fourth-order valence-corrected chi connectivity index (χ4v) is 3.75. The summed E-state index contributed by atoms with van der Waals surface area (Å²) in [5.41, 5.74) is 0. The standard InChI is InChI=1S/C15H30N2/c1-4-13-8-9-17(11-13)15-10-12(3)6-7-14(15)16-5-2/h12-16H,4-11H2,1-3H3. The molecule has 0 bridgehead atoms. The Morgan fingerprint density at radius 1 is 1.18 bits per heavy atom. The second-order valence-electron chi connectivity index (χ2n) is 6.21. The number of nitrogens with zero attached hydrogens (tertiary/aromatic N) is 1. The quantitative estimate of drug-likeness (QED) is 0.810. The van der Waals surface area contributed by atoms with Crippen molar-refractivity contribution in [2.45, 2.75) is 65.0 Å². The molecule has 2 heteroatoms. The van der Waals surface area contributed by atoms with Gasteiger partial charge in [0.25, 0.3) is 0 Å². The Morgan fingerprint density at radius 2 is 2.00 bits per heavy atom. The molecule has 4 atom stereocenters. The molecule has 2 rings (SSSR count). The van der Waals surface area contributed by atoms with E-state index in [1.807, 2.05) is 0 Å². The summed E-state index contributed by atoms with van der Waals surface area (Å²) in [5.74, 6) is 1.89. The second-order valence-corrected chi connectivity index (χ2v) is 6.21. The van der Waals surface area contributed by atoms with E-state index in [1.165, 1.54) is 45.2 Å². The summed E-state index contributed by atoms with van der Waals surface area (Å²) in [7, 11) is 0. The summed E-state index contributed by atoms with van der Waals surface area (Å²) in [5, 5.41) is 3.72. The third kappa shape index (κ3) is 3.23. The molecule has 1 saturated heterocycles. The van der Waals surface area contributed by atoms with Crippen molar-refractivity contribution in [1.29, 1.82) is 0 Å². The first-order valence-corrected chi connectivity index (χ1v) is 7.72. The highest BCUT2D eigenvalue weighted by atomic mass is 15.2. The summed E-state index contributed by atoms with van der Waals surface area (Å²) >= 11 is 0. The highest BCUT2D eigenvalue weighted by Gasteiger charge is 2.35. The van der Waals surface area contributed by atoms with Crippen LogP contribution in [0, 0.1) is 11.8 Å². The van der Waals surface area contributed by atoms with E-state index in [4.69, 9.17) is 0 Å². The van der Waals surface area contributed by atoms with E-state index in [-0.39, 0.29) is 0 Å². The zero-order valence-corrected chi connectivity index (χ0v) is 11.9. The molecular weight excluding hydrogens is 208 g/mol. The first-order valence-electron chi connectivity index (χ1n) is 7.72. The molecule has 1 heterocycles. The predicted octanol–water partition coefficient (Wildman–Crippen LogP) is 2.89. The van der Waals surface area contributed by atoms with Gasteiger partial charge in [-0.3, -0.25) is 4.90 Å². The fraction of sp³-hybridized carbons (Fsp3) is 1.00. The van der Waals surface area contributed by atoms with Gasteiger partial charge in [-0.05, 0) is 50.6 Å². The van der Waals surface area contributed by atoms with Gasteiger partial charge in [-0.1, -0.05) is 27.2 Å². The largest absolute Gasteiger partial charge is 0.313 e. The van der Waals surface area contributed by atoms with Crippen molar-refractivity contribution in [3.63, 3.8) is 0 Å². The molecule has 100 valence electrons. The lowest BCUT2D eigenvalue weighted by Crippen LogP contribution is -2.52. The van der Waals surface area contributed by atoms with Gasteiger partial charge in [-0.25, -0.2) is 0 Å².